The first-order chi connectivity index (χ1) is 12.9. The molecular formula is C21H25FN4O. The Labute approximate surface area is 158 Å². The summed E-state index contributed by atoms with van der Waals surface area (Å²) in [5.41, 5.74) is 6.32. The summed E-state index contributed by atoms with van der Waals surface area (Å²) >= 11 is 0. The molecule has 0 radical (unpaired) electrons. The molecule has 0 bridgehead atoms. The molecule has 1 amide bonds. The van der Waals surface area contributed by atoms with E-state index in [1.165, 1.54) is 12.1 Å². The summed E-state index contributed by atoms with van der Waals surface area (Å²) in [6.07, 6.45) is 1.98. The van der Waals surface area contributed by atoms with Crippen LogP contribution in [0, 0.1) is 26.6 Å². The first kappa shape index (κ1) is 19.0. The molecular weight excluding hydrogens is 343 g/mol. The fourth-order valence-corrected chi connectivity index (χ4v) is 3.38. The monoisotopic (exact) mass is 368 g/mol. The Morgan fingerprint density at radius 3 is 2.52 bits per heavy atom. The lowest BCUT2D eigenvalue weighted by molar-refractivity contribution is -0.121. The van der Waals surface area contributed by atoms with Crippen LogP contribution in [0.5, 0.6) is 0 Å². The molecule has 0 aliphatic carbocycles. The van der Waals surface area contributed by atoms with E-state index >= 15 is 0 Å². The molecule has 142 valence electrons. The number of carbonyl (C=O) groups is 1. The number of nitrogens with one attached hydrogen (secondary N) is 1. The molecule has 0 saturated heterocycles. The van der Waals surface area contributed by atoms with Gasteiger partial charge in [0.1, 0.15) is 5.82 Å². The number of hydrogen-bond acceptors (Lipinski definition) is 3. The minimum Gasteiger partial charge on any atom is -0.356 e. The summed E-state index contributed by atoms with van der Waals surface area (Å²) in [7, 11) is 0. The van der Waals surface area contributed by atoms with Gasteiger partial charge in [-0.15, -0.1) is 0 Å². The van der Waals surface area contributed by atoms with Gasteiger partial charge in [0.25, 0.3) is 0 Å². The maximum absolute atomic E-state index is 13.3. The van der Waals surface area contributed by atoms with Crippen LogP contribution in [0.2, 0.25) is 0 Å². The van der Waals surface area contributed by atoms with Crippen molar-refractivity contribution in [2.75, 3.05) is 6.54 Å². The smallest absolute Gasteiger partial charge is 0.220 e. The fourth-order valence-electron chi connectivity index (χ4n) is 3.38. The van der Waals surface area contributed by atoms with Gasteiger partial charge >= 0.3 is 0 Å². The van der Waals surface area contributed by atoms with Crippen molar-refractivity contribution in [3.63, 3.8) is 0 Å². The SMILES string of the molecule is CCCNC(=O)CCc1c(C)nc2c(-c3ccc(F)cc3)c(C)nn2c1C. The van der Waals surface area contributed by atoms with Crippen LogP contribution < -0.4 is 5.32 Å². The Morgan fingerprint density at radius 1 is 1.15 bits per heavy atom. The number of halogens is 1. The van der Waals surface area contributed by atoms with Gasteiger partial charge in [0, 0.05) is 29.9 Å². The van der Waals surface area contributed by atoms with E-state index in [1.54, 1.807) is 12.1 Å². The van der Waals surface area contributed by atoms with E-state index in [4.69, 9.17) is 4.98 Å². The van der Waals surface area contributed by atoms with Crippen LogP contribution in [0.1, 0.15) is 42.4 Å². The van der Waals surface area contributed by atoms with Crippen molar-refractivity contribution in [1.82, 2.24) is 19.9 Å². The summed E-state index contributed by atoms with van der Waals surface area (Å²) in [5.74, 6) is -0.212. The minimum absolute atomic E-state index is 0.0550. The Balaban J connectivity index is 1.98. The van der Waals surface area contributed by atoms with Gasteiger partial charge in [0.15, 0.2) is 5.65 Å². The van der Waals surface area contributed by atoms with Gasteiger partial charge in [-0.3, -0.25) is 4.79 Å². The van der Waals surface area contributed by atoms with Crippen molar-refractivity contribution in [2.45, 2.75) is 47.0 Å². The Kier molecular flexibility index (Phi) is 5.54. The second-order valence-corrected chi connectivity index (χ2v) is 6.81. The molecule has 3 aromatic rings. The highest BCUT2D eigenvalue weighted by molar-refractivity contribution is 5.80. The lowest BCUT2D eigenvalue weighted by Gasteiger charge is -2.12. The molecule has 2 aromatic heterocycles. The van der Waals surface area contributed by atoms with E-state index in [2.05, 4.69) is 10.4 Å². The van der Waals surface area contributed by atoms with Crippen molar-refractivity contribution in [1.29, 1.82) is 0 Å². The second-order valence-electron chi connectivity index (χ2n) is 6.81. The number of aryl methyl sites for hydroxylation is 3. The average molecular weight is 368 g/mol. The van der Waals surface area contributed by atoms with E-state index in [9.17, 15) is 9.18 Å². The molecule has 1 aromatic carbocycles. The van der Waals surface area contributed by atoms with Crippen LogP contribution in [-0.2, 0) is 11.2 Å². The van der Waals surface area contributed by atoms with Crippen molar-refractivity contribution in [3.8, 4) is 11.1 Å². The lowest BCUT2D eigenvalue weighted by atomic mass is 10.0. The zero-order valence-electron chi connectivity index (χ0n) is 16.3. The molecule has 1 N–H and O–H groups in total. The van der Waals surface area contributed by atoms with Gasteiger partial charge in [0.2, 0.25) is 5.91 Å². The molecule has 0 saturated carbocycles. The third-order valence-electron chi connectivity index (χ3n) is 4.81. The van der Waals surface area contributed by atoms with Gasteiger partial charge in [-0.2, -0.15) is 5.10 Å². The number of nitrogens with zero attached hydrogens (tertiary/aromatic N) is 3. The van der Waals surface area contributed by atoms with Crippen LogP contribution in [0.25, 0.3) is 16.8 Å². The van der Waals surface area contributed by atoms with E-state index in [-0.39, 0.29) is 11.7 Å². The Hall–Kier alpha value is -2.76. The molecule has 2 heterocycles. The maximum Gasteiger partial charge on any atom is 0.220 e. The molecule has 0 unspecified atom stereocenters. The van der Waals surface area contributed by atoms with Gasteiger partial charge in [-0.25, -0.2) is 13.9 Å². The summed E-state index contributed by atoms with van der Waals surface area (Å²) in [5, 5.41) is 7.56. The molecule has 27 heavy (non-hydrogen) atoms. The molecule has 3 rings (SSSR count). The highest BCUT2D eigenvalue weighted by atomic mass is 19.1. The van der Waals surface area contributed by atoms with Crippen molar-refractivity contribution >= 4 is 11.6 Å². The fraction of sp³-hybridized carbons (Fsp3) is 0.381. The van der Waals surface area contributed by atoms with E-state index in [0.29, 0.717) is 19.4 Å². The molecule has 0 fully saturated rings. The summed E-state index contributed by atoms with van der Waals surface area (Å²) in [6, 6.07) is 6.39. The average Bonchev–Trinajstić information content (AvgIpc) is 2.96. The molecule has 0 aliphatic rings. The highest BCUT2D eigenvalue weighted by Crippen LogP contribution is 2.29. The summed E-state index contributed by atoms with van der Waals surface area (Å²) in [4.78, 5) is 16.7. The number of aromatic nitrogens is 3. The number of rotatable bonds is 6. The van der Waals surface area contributed by atoms with Crippen molar-refractivity contribution in [2.24, 2.45) is 0 Å². The maximum atomic E-state index is 13.3. The molecule has 0 aliphatic heterocycles. The third kappa shape index (κ3) is 3.84. The Bertz CT molecular complexity index is 976. The van der Waals surface area contributed by atoms with Crippen LogP contribution in [0.4, 0.5) is 4.39 Å². The first-order valence-electron chi connectivity index (χ1n) is 9.30. The predicted molar refractivity (Wildman–Crippen MR) is 104 cm³/mol. The van der Waals surface area contributed by atoms with Gasteiger partial charge in [-0.05, 0) is 56.9 Å². The third-order valence-corrected chi connectivity index (χ3v) is 4.81. The van der Waals surface area contributed by atoms with Crippen LogP contribution in [-0.4, -0.2) is 27.0 Å². The van der Waals surface area contributed by atoms with E-state index in [0.717, 1.165) is 45.8 Å². The molecule has 0 atom stereocenters. The van der Waals surface area contributed by atoms with Gasteiger partial charge in [-0.1, -0.05) is 19.1 Å². The predicted octanol–water partition coefficient (Wildman–Crippen LogP) is 3.92. The zero-order valence-corrected chi connectivity index (χ0v) is 16.3. The second kappa shape index (κ2) is 7.86. The topological polar surface area (TPSA) is 59.3 Å². The zero-order chi connectivity index (χ0) is 19.6. The number of hydrogen-bond donors (Lipinski definition) is 1. The van der Waals surface area contributed by atoms with E-state index < -0.39 is 0 Å². The standard InChI is InChI=1S/C21H25FN4O/c1-5-12-23-19(27)11-10-18-13(2)24-21-20(14(3)25-26(21)15(18)4)16-6-8-17(22)9-7-16/h6-9H,5,10-12H2,1-4H3,(H,23,27). The van der Waals surface area contributed by atoms with Crippen LogP contribution >= 0.6 is 0 Å². The first-order valence-corrected chi connectivity index (χ1v) is 9.30. The number of amides is 1. The Morgan fingerprint density at radius 2 is 1.85 bits per heavy atom. The lowest BCUT2D eigenvalue weighted by Crippen LogP contribution is -2.24. The quantitative estimate of drug-likeness (QED) is 0.717. The van der Waals surface area contributed by atoms with Gasteiger partial charge < -0.3 is 5.32 Å². The van der Waals surface area contributed by atoms with Crippen molar-refractivity contribution in [3.05, 3.63) is 52.7 Å². The highest BCUT2D eigenvalue weighted by Gasteiger charge is 2.18. The van der Waals surface area contributed by atoms with Crippen LogP contribution in [0.15, 0.2) is 24.3 Å². The molecule has 5 nitrogen and oxygen atoms in total. The minimum atomic E-state index is -0.267. The molecule has 6 heteroatoms. The van der Waals surface area contributed by atoms with Crippen LogP contribution in [0.3, 0.4) is 0 Å². The number of benzene rings is 1. The largest absolute Gasteiger partial charge is 0.356 e. The summed E-state index contributed by atoms with van der Waals surface area (Å²) < 4.78 is 15.1. The molecule has 0 spiro atoms. The normalized spacial score (nSPS) is 11.1. The van der Waals surface area contributed by atoms with E-state index in [1.807, 2.05) is 32.2 Å². The van der Waals surface area contributed by atoms with Crippen molar-refractivity contribution < 1.29 is 9.18 Å². The summed E-state index contributed by atoms with van der Waals surface area (Å²) in [6.45, 7) is 8.63. The number of carbonyl (C=O) groups excluding carboxylic acids is 1. The van der Waals surface area contributed by atoms with Gasteiger partial charge in [0.05, 0.1) is 5.69 Å². The number of fused-ring (bicyclic) bond motifs is 1.